The molecule has 0 fully saturated rings. The Balaban J connectivity index is 2.33. The van der Waals surface area contributed by atoms with E-state index in [1.54, 1.807) is 22.8 Å². The fraction of sp³-hybridized carbons (Fsp3) is 0.333. The Labute approximate surface area is 194 Å². The maximum Gasteiger partial charge on any atom is 0.341 e. The molecule has 1 atom stereocenters. The summed E-state index contributed by atoms with van der Waals surface area (Å²) in [5, 5.41) is 28.8. The molecule has 2 aromatic carbocycles. The molecule has 0 aliphatic carbocycles. The number of halogens is 2. The first-order chi connectivity index (χ1) is 15.7. The molecule has 1 heterocycles. The molecule has 176 valence electrons. The summed E-state index contributed by atoms with van der Waals surface area (Å²) in [5.74, 6) is -1.78. The highest BCUT2D eigenvalue weighted by atomic mass is 35.5. The van der Waals surface area contributed by atoms with Crippen LogP contribution in [-0.4, -0.2) is 45.7 Å². The van der Waals surface area contributed by atoms with Crippen molar-refractivity contribution in [3.63, 3.8) is 0 Å². The molecule has 9 heteroatoms. The standard InChI is InChI=1S/C24H25ClFNO6/c1-13(2)20(12-29)27-11-17(24(31)32)23(30)16-9-15(21(10-19(16)27)33-7-6-28)8-14-4-3-5-18(25)22(14)26/h3-5,9-11,13,20,28-29H,6-8,12H2,1-2H3,(H,31,32)/t20-/m1/s1. The molecule has 3 aromatic rings. The number of benzene rings is 2. The van der Waals surface area contributed by atoms with E-state index in [4.69, 9.17) is 16.3 Å². The van der Waals surface area contributed by atoms with Crippen LogP contribution in [0.1, 0.15) is 41.4 Å². The number of carboxylic acids is 1. The third-order valence-corrected chi connectivity index (χ3v) is 5.81. The molecule has 0 radical (unpaired) electrons. The quantitative estimate of drug-likeness (QED) is 0.434. The predicted molar refractivity (Wildman–Crippen MR) is 123 cm³/mol. The number of aromatic nitrogens is 1. The van der Waals surface area contributed by atoms with Crippen LogP contribution in [0.25, 0.3) is 10.9 Å². The summed E-state index contributed by atoms with van der Waals surface area (Å²) in [7, 11) is 0. The highest BCUT2D eigenvalue weighted by molar-refractivity contribution is 6.30. The van der Waals surface area contributed by atoms with Gasteiger partial charge < -0.3 is 24.6 Å². The normalized spacial score (nSPS) is 12.3. The number of hydrogen-bond acceptors (Lipinski definition) is 5. The van der Waals surface area contributed by atoms with Gasteiger partial charge in [0.05, 0.1) is 29.8 Å². The van der Waals surface area contributed by atoms with Crippen molar-refractivity contribution in [2.75, 3.05) is 19.8 Å². The number of pyridine rings is 1. The van der Waals surface area contributed by atoms with Crippen molar-refractivity contribution in [3.05, 3.63) is 74.3 Å². The van der Waals surface area contributed by atoms with E-state index in [1.807, 2.05) is 13.8 Å². The second-order valence-electron chi connectivity index (χ2n) is 8.02. The van der Waals surface area contributed by atoms with Gasteiger partial charge in [-0.25, -0.2) is 9.18 Å². The van der Waals surface area contributed by atoms with E-state index in [-0.39, 0.29) is 48.1 Å². The molecule has 7 nitrogen and oxygen atoms in total. The average molecular weight is 478 g/mol. The number of carboxylic acid groups (broad SMARTS) is 1. The maximum absolute atomic E-state index is 14.6. The summed E-state index contributed by atoms with van der Waals surface area (Å²) in [6, 6.07) is 7.09. The van der Waals surface area contributed by atoms with Gasteiger partial charge in [0.25, 0.3) is 0 Å². The molecule has 3 N–H and O–H groups in total. The zero-order valence-electron chi connectivity index (χ0n) is 18.2. The number of rotatable bonds is 9. The molecule has 0 amide bonds. The predicted octanol–water partition coefficient (Wildman–Crippen LogP) is 3.64. The summed E-state index contributed by atoms with van der Waals surface area (Å²) in [5.41, 5.74) is -0.0866. The van der Waals surface area contributed by atoms with Gasteiger partial charge in [-0.3, -0.25) is 4.79 Å². The minimum absolute atomic E-state index is 0.0213. The topological polar surface area (TPSA) is 109 Å². The molecule has 0 aliphatic heterocycles. The van der Waals surface area contributed by atoms with Gasteiger partial charge in [0.1, 0.15) is 23.7 Å². The van der Waals surface area contributed by atoms with Gasteiger partial charge in [-0.05, 0) is 29.2 Å². The third kappa shape index (κ3) is 5.03. The summed E-state index contributed by atoms with van der Waals surface area (Å²) in [4.78, 5) is 24.8. The first-order valence-corrected chi connectivity index (χ1v) is 10.8. The highest BCUT2D eigenvalue weighted by Crippen LogP contribution is 2.31. The lowest BCUT2D eigenvalue weighted by Gasteiger charge is -2.25. The smallest absolute Gasteiger partial charge is 0.341 e. The zero-order chi connectivity index (χ0) is 24.3. The van der Waals surface area contributed by atoms with Gasteiger partial charge in [0, 0.05) is 24.1 Å². The Morgan fingerprint density at radius 1 is 1.21 bits per heavy atom. The summed E-state index contributed by atoms with van der Waals surface area (Å²) >= 11 is 5.90. The molecule has 3 rings (SSSR count). The second kappa shape index (κ2) is 10.3. The number of ether oxygens (including phenoxy) is 1. The van der Waals surface area contributed by atoms with Crippen LogP contribution in [0.5, 0.6) is 5.75 Å². The number of aliphatic hydroxyl groups excluding tert-OH is 2. The van der Waals surface area contributed by atoms with E-state index in [1.165, 1.54) is 18.3 Å². The van der Waals surface area contributed by atoms with Crippen LogP contribution in [0.4, 0.5) is 4.39 Å². The molecular formula is C24H25ClFNO6. The van der Waals surface area contributed by atoms with Crippen molar-refractivity contribution in [2.45, 2.75) is 26.3 Å². The van der Waals surface area contributed by atoms with Crippen molar-refractivity contribution in [1.29, 1.82) is 0 Å². The molecule has 0 aliphatic rings. The second-order valence-corrected chi connectivity index (χ2v) is 8.42. The molecule has 0 saturated carbocycles. The molecule has 1 aromatic heterocycles. The fourth-order valence-electron chi connectivity index (χ4n) is 3.79. The molecule has 33 heavy (non-hydrogen) atoms. The van der Waals surface area contributed by atoms with Crippen LogP contribution in [0.3, 0.4) is 0 Å². The van der Waals surface area contributed by atoms with Crippen LogP contribution < -0.4 is 10.2 Å². The number of aromatic carboxylic acids is 1. The summed E-state index contributed by atoms with van der Waals surface area (Å²) in [6.07, 6.45) is 1.24. The summed E-state index contributed by atoms with van der Waals surface area (Å²) < 4.78 is 21.8. The van der Waals surface area contributed by atoms with E-state index in [0.717, 1.165) is 0 Å². The molecule has 0 unspecified atom stereocenters. The molecule has 0 saturated heterocycles. The number of nitrogens with zero attached hydrogens (tertiary/aromatic N) is 1. The number of carbonyl (C=O) groups is 1. The number of aliphatic hydroxyl groups is 2. The SMILES string of the molecule is CC(C)[C@@H](CO)n1cc(C(=O)O)c(=O)c2cc(Cc3cccc(Cl)c3F)c(OCCO)cc21. The largest absolute Gasteiger partial charge is 0.491 e. The van der Waals surface area contributed by atoms with Crippen LogP contribution in [0.15, 0.2) is 41.3 Å². The van der Waals surface area contributed by atoms with Crippen LogP contribution in [-0.2, 0) is 6.42 Å². The Morgan fingerprint density at radius 3 is 2.55 bits per heavy atom. The first kappa shape index (κ1) is 24.7. The molecule has 0 spiro atoms. The van der Waals surface area contributed by atoms with E-state index in [9.17, 15) is 29.3 Å². The van der Waals surface area contributed by atoms with Gasteiger partial charge >= 0.3 is 5.97 Å². The summed E-state index contributed by atoms with van der Waals surface area (Å²) in [6.45, 7) is 3.15. The molecular weight excluding hydrogens is 453 g/mol. The molecule has 0 bridgehead atoms. The average Bonchev–Trinajstić information content (AvgIpc) is 2.77. The van der Waals surface area contributed by atoms with Crippen molar-refractivity contribution in [3.8, 4) is 5.75 Å². The highest BCUT2D eigenvalue weighted by Gasteiger charge is 2.23. The van der Waals surface area contributed by atoms with Crippen LogP contribution >= 0.6 is 11.6 Å². The minimum Gasteiger partial charge on any atom is -0.491 e. The van der Waals surface area contributed by atoms with Crippen LogP contribution in [0.2, 0.25) is 5.02 Å². The maximum atomic E-state index is 14.6. The van der Waals surface area contributed by atoms with Gasteiger partial charge in [0.2, 0.25) is 5.43 Å². The fourth-order valence-corrected chi connectivity index (χ4v) is 3.98. The first-order valence-electron chi connectivity index (χ1n) is 10.4. The Morgan fingerprint density at radius 2 is 1.94 bits per heavy atom. The Hall–Kier alpha value is -2.94. The van der Waals surface area contributed by atoms with E-state index in [0.29, 0.717) is 16.8 Å². The lowest BCUT2D eigenvalue weighted by Crippen LogP contribution is -2.25. The van der Waals surface area contributed by atoms with Crippen molar-refractivity contribution < 1.29 is 29.2 Å². The Bertz CT molecular complexity index is 1240. The van der Waals surface area contributed by atoms with Crippen molar-refractivity contribution in [1.82, 2.24) is 4.57 Å². The van der Waals surface area contributed by atoms with Crippen LogP contribution in [0, 0.1) is 11.7 Å². The Kier molecular flexibility index (Phi) is 7.73. The lowest BCUT2D eigenvalue weighted by molar-refractivity contribution is 0.0694. The van der Waals surface area contributed by atoms with E-state index < -0.39 is 28.8 Å². The third-order valence-electron chi connectivity index (χ3n) is 5.52. The van der Waals surface area contributed by atoms with Gasteiger partial charge in [-0.1, -0.05) is 37.6 Å². The van der Waals surface area contributed by atoms with Crippen molar-refractivity contribution >= 4 is 28.5 Å². The number of hydrogen-bond donors (Lipinski definition) is 3. The zero-order valence-corrected chi connectivity index (χ0v) is 19.0. The van der Waals surface area contributed by atoms with E-state index >= 15 is 0 Å². The van der Waals surface area contributed by atoms with E-state index in [2.05, 4.69) is 0 Å². The van der Waals surface area contributed by atoms with Gasteiger partial charge in [-0.15, -0.1) is 0 Å². The lowest BCUT2D eigenvalue weighted by atomic mass is 9.98. The van der Waals surface area contributed by atoms with Gasteiger partial charge in [-0.2, -0.15) is 0 Å². The van der Waals surface area contributed by atoms with Gasteiger partial charge in [0.15, 0.2) is 0 Å². The van der Waals surface area contributed by atoms with Crippen molar-refractivity contribution in [2.24, 2.45) is 5.92 Å². The number of fused-ring (bicyclic) bond motifs is 1. The monoisotopic (exact) mass is 477 g/mol. The minimum atomic E-state index is -1.39.